The Labute approximate surface area is 134 Å². The summed E-state index contributed by atoms with van der Waals surface area (Å²) in [5.74, 6) is -0.468. The van der Waals surface area contributed by atoms with E-state index < -0.39 is 15.9 Å². The van der Waals surface area contributed by atoms with Crippen LogP contribution in [0.4, 0.5) is 5.69 Å². The van der Waals surface area contributed by atoms with Gasteiger partial charge in [0.05, 0.1) is 11.4 Å². The maximum absolute atomic E-state index is 12.0. The molecular weight excluding hydrogens is 324 g/mol. The molecule has 2 aromatic carbocycles. The van der Waals surface area contributed by atoms with Gasteiger partial charge in [-0.15, -0.1) is 0 Å². The maximum Gasteiger partial charge on any atom is 0.241 e. The average molecular weight is 339 g/mol. The normalized spacial score (nSPS) is 11.2. The second-order valence-electron chi connectivity index (χ2n) is 4.65. The summed E-state index contributed by atoms with van der Waals surface area (Å²) in [6, 6.07) is 13.0. The van der Waals surface area contributed by atoms with E-state index in [4.69, 9.17) is 11.6 Å². The summed E-state index contributed by atoms with van der Waals surface area (Å²) in [5, 5.41) is 3.12. The highest BCUT2D eigenvalue weighted by Crippen LogP contribution is 2.19. The van der Waals surface area contributed by atoms with E-state index in [0.29, 0.717) is 10.7 Å². The van der Waals surface area contributed by atoms with Crippen LogP contribution >= 0.6 is 11.6 Å². The molecule has 0 aliphatic rings. The van der Waals surface area contributed by atoms with E-state index in [1.807, 2.05) is 6.92 Å². The number of sulfonamides is 1. The monoisotopic (exact) mass is 338 g/mol. The van der Waals surface area contributed by atoms with Gasteiger partial charge in [0.25, 0.3) is 0 Å². The smallest absolute Gasteiger partial charge is 0.241 e. The van der Waals surface area contributed by atoms with Crippen molar-refractivity contribution in [2.75, 3.05) is 11.9 Å². The van der Waals surface area contributed by atoms with Crippen molar-refractivity contribution in [1.29, 1.82) is 0 Å². The number of carbonyl (C=O) groups is 1. The fraction of sp³-hybridized carbons (Fsp3) is 0.133. The Morgan fingerprint density at radius 1 is 1.14 bits per heavy atom. The summed E-state index contributed by atoms with van der Waals surface area (Å²) in [5.41, 5.74) is 1.39. The molecule has 0 aliphatic carbocycles. The van der Waals surface area contributed by atoms with Crippen LogP contribution < -0.4 is 10.0 Å². The first kappa shape index (κ1) is 16.5. The minimum atomic E-state index is -3.70. The molecule has 0 radical (unpaired) electrons. The largest absolute Gasteiger partial charge is 0.325 e. The van der Waals surface area contributed by atoms with E-state index in [2.05, 4.69) is 10.0 Å². The van der Waals surface area contributed by atoms with E-state index in [9.17, 15) is 13.2 Å². The minimum Gasteiger partial charge on any atom is -0.325 e. The van der Waals surface area contributed by atoms with Crippen LogP contribution in [0.5, 0.6) is 0 Å². The molecule has 0 unspecified atom stereocenters. The molecule has 7 heteroatoms. The van der Waals surface area contributed by atoms with Crippen molar-refractivity contribution in [1.82, 2.24) is 4.72 Å². The summed E-state index contributed by atoms with van der Waals surface area (Å²) >= 11 is 5.87. The van der Waals surface area contributed by atoms with Gasteiger partial charge in [-0.25, -0.2) is 13.1 Å². The minimum absolute atomic E-state index is 0.113. The predicted molar refractivity (Wildman–Crippen MR) is 86.4 cm³/mol. The van der Waals surface area contributed by atoms with Gasteiger partial charge in [-0.05, 0) is 36.8 Å². The molecule has 22 heavy (non-hydrogen) atoms. The molecule has 0 aliphatic heterocycles. The van der Waals surface area contributed by atoms with Crippen LogP contribution in [0.15, 0.2) is 53.4 Å². The van der Waals surface area contributed by atoms with Gasteiger partial charge in [0.2, 0.25) is 15.9 Å². The Balaban J connectivity index is 2.00. The zero-order valence-electron chi connectivity index (χ0n) is 11.8. The molecule has 0 spiro atoms. The number of carbonyl (C=O) groups excluding carboxylic acids is 1. The number of nitrogens with one attached hydrogen (secondary N) is 2. The van der Waals surface area contributed by atoms with Crippen LogP contribution in [0, 0.1) is 6.92 Å². The Hall–Kier alpha value is -1.89. The lowest BCUT2D eigenvalue weighted by molar-refractivity contribution is -0.115. The fourth-order valence-electron chi connectivity index (χ4n) is 1.77. The van der Waals surface area contributed by atoms with Gasteiger partial charge in [-0.3, -0.25) is 4.79 Å². The van der Waals surface area contributed by atoms with Crippen molar-refractivity contribution in [3.63, 3.8) is 0 Å². The molecule has 2 rings (SSSR count). The first-order valence-corrected chi connectivity index (χ1v) is 8.35. The van der Waals surface area contributed by atoms with Crippen LogP contribution in [0.3, 0.4) is 0 Å². The fourth-order valence-corrected chi connectivity index (χ4v) is 2.94. The highest BCUT2D eigenvalue weighted by Gasteiger charge is 2.15. The number of hydrogen-bond acceptors (Lipinski definition) is 3. The van der Waals surface area contributed by atoms with E-state index in [1.165, 1.54) is 12.1 Å². The number of amides is 1. The summed E-state index contributed by atoms with van der Waals surface area (Å²) in [6.45, 7) is 1.46. The van der Waals surface area contributed by atoms with Crippen LogP contribution in [0.2, 0.25) is 5.02 Å². The molecule has 2 N–H and O–H groups in total. The molecule has 0 aromatic heterocycles. The number of rotatable bonds is 5. The van der Waals surface area contributed by atoms with Crippen molar-refractivity contribution >= 4 is 33.2 Å². The zero-order chi connectivity index (χ0) is 16.2. The third-order valence-electron chi connectivity index (χ3n) is 2.95. The number of hydrogen-bond donors (Lipinski definition) is 2. The molecule has 0 atom stereocenters. The van der Waals surface area contributed by atoms with E-state index in [-0.39, 0.29) is 11.4 Å². The molecular formula is C15H15ClN2O3S. The molecule has 0 heterocycles. The molecule has 5 nitrogen and oxygen atoms in total. The molecule has 1 amide bonds. The van der Waals surface area contributed by atoms with E-state index in [1.54, 1.807) is 36.4 Å². The van der Waals surface area contributed by atoms with Crippen LogP contribution in [-0.4, -0.2) is 20.9 Å². The van der Waals surface area contributed by atoms with Crippen LogP contribution in [0.25, 0.3) is 0 Å². The SMILES string of the molecule is Cc1ccc(Cl)cc1NC(=O)CNS(=O)(=O)c1ccccc1. The van der Waals surface area contributed by atoms with Crippen LogP contribution in [0.1, 0.15) is 5.56 Å². The lowest BCUT2D eigenvalue weighted by Crippen LogP contribution is -2.33. The zero-order valence-corrected chi connectivity index (χ0v) is 13.4. The van der Waals surface area contributed by atoms with Gasteiger partial charge < -0.3 is 5.32 Å². The van der Waals surface area contributed by atoms with E-state index in [0.717, 1.165) is 5.56 Å². The van der Waals surface area contributed by atoms with Crippen molar-refractivity contribution in [3.05, 3.63) is 59.1 Å². The average Bonchev–Trinajstić information content (AvgIpc) is 2.50. The van der Waals surface area contributed by atoms with Gasteiger partial charge in [0.15, 0.2) is 0 Å². The molecule has 0 fully saturated rings. The lowest BCUT2D eigenvalue weighted by Gasteiger charge is -2.10. The number of aryl methyl sites for hydroxylation is 1. The van der Waals surface area contributed by atoms with Crippen molar-refractivity contribution in [2.24, 2.45) is 0 Å². The van der Waals surface area contributed by atoms with Gasteiger partial charge in [-0.1, -0.05) is 35.9 Å². The third-order valence-corrected chi connectivity index (χ3v) is 4.60. The summed E-state index contributed by atoms with van der Waals surface area (Å²) in [4.78, 5) is 12.0. The van der Waals surface area contributed by atoms with Gasteiger partial charge >= 0.3 is 0 Å². The maximum atomic E-state index is 12.0. The topological polar surface area (TPSA) is 75.3 Å². The number of benzene rings is 2. The van der Waals surface area contributed by atoms with E-state index >= 15 is 0 Å². The Bertz CT molecular complexity index is 777. The molecule has 0 saturated heterocycles. The quantitative estimate of drug-likeness (QED) is 0.879. The van der Waals surface area contributed by atoms with Crippen LogP contribution in [-0.2, 0) is 14.8 Å². The van der Waals surface area contributed by atoms with Crippen molar-refractivity contribution in [2.45, 2.75) is 11.8 Å². The van der Waals surface area contributed by atoms with Gasteiger partial charge in [0.1, 0.15) is 0 Å². The molecule has 2 aromatic rings. The molecule has 0 saturated carbocycles. The van der Waals surface area contributed by atoms with Gasteiger partial charge in [-0.2, -0.15) is 0 Å². The Morgan fingerprint density at radius 3 is 2.50 bits per heavy atom. The van der Waals surface area contributed by atoms with Crippen molar-refractivity contribution in [3.8, 4) is 0 Å². The summed E-state index contributed by atoms with van der Waals surface area (Å²) < 4.78 is 26.3. The first-order chi connectivity index (χ1) is 10.4. The Kier molecular flexibility index (Phi) is 5.18. The highest BCUT2D eigenvalue weighted by molar-refractivity contribution is 7.89. The number of halogens is 1. The first-order valence-electron chi connectivity index (χ1n) is 6.49. The predicted octanol–water partition coefficient (Wildman–Crippen LogP) is 2.57. The second-order valence-corrected chi connectivity index (χ2v) is 6.85. The summed E-state index contributed by atoms with van der Waals surface area (Å²) in [6.07, 6.45) is 0. The Morgan fingerprint density at radius 2 is 1.82 bits per heavy atom. The highest BCUT2D eigenvalue weighted by atomic mass is 35.5. The molecule has 0 bridgehead atoms. The summed E-state index contributed by atoms with van der Waals surface area (Å²) in [7, 11) is -3.70. The molecule has 116 valence electrons. The second kappa shape index (κ2) is 6.91. The standard InChI is InChI=1S/C15H15ClN2O3S/c1-11-7-8-12(16)9-14(11)18-15(19)10-17-22(20,21)13-5-3-2-4-6-13/h2-9,17H,10H2,1H3,(H,18,19). The third kappa shape index (κ3) is 4.30. The van der Waals surface area contributed by atoms with Gasteiger partial charge in [0, 0.05) is 10.7 Å². The van der Waals surface area contributed by atoms with Crippen molar-refractivity contribution < 1.29 is 13.2 Å². The lowest BCUT2D eigenvalue weighted by atomic mass is 10.2. The number of anilines is 1.